The van der Waals surface area contributed by atoms with Gasteiger partial charge in [0, 0.05) is 18.2 Å². The molecule has 0 spiro atoms. The number of aryl methyl sites for hydroxylation is 2. The number of nitrogens with one attached hydrogen (secondary N) is 2. The van der Waals surface area contributed by atoms with E-state index in [0.717, 1.165) is 38.4 Å². The zero-order valence-electron chi connectivity index (χ0n) is 13.5. The first-order valence-electron chi connectivity index (χ1n) is 7.77. The Labute approximate surface area is 136 Å². The lowest BCUT2D eigenvalue weighted by molar-refractivity contribution is -0.385. The average Bonchev–Trinajstić information content (AvgIpc) is 2.47. The van der Waals surface area contributed by atoms with Gasteiger partial charge in [0.1, 0.15) is 0 Å². The summed E-state index contributed by atoms with van der Waals surface area (Å²) in [5.41, 5.74) is 0.798. The van der Waals surface area contributed by atoms with Crippen LogP contribution >= 0.6 is 0 Å². The molecule has 2 rings (SSSR count). The first-order chi connectivity index (χ1) is 10.8. The second-order valence-corrected chi connectivity index (χ2v) is 7.80. The van der Waals surface area contributed by atoms with Crippen molar-refractivity contribution in [1.29, 1.82) is 0 Å². The molecule has 1 fully saturated rings. The maximum Gasteiger partial charge on any atom is 0.273 e. The van der Waals surface area contributed by atoms with E-state index in [1.165, 1.54) is 6.07 Å². The minimum absolute atomic E-state index is 0.0171. The zero-order valence-corrected chi connectivity index (χ0v) is 14.3. The van der Waals surface area contributed by atoms with Crippen molar-refractivity contribution >= 4 is 15.7 Å². The summed E-state index contributed by atoms with van der Waals surface area (Å²) in [6, 6.07) is 2.69. The van der Waals surface area contributed by atoms with Gasteiger partial charge in [-0.2, -0.15) is 0 Å². The molecule has 128 valence electrons. The number of nitro groups is 1. The van der Waals surface area contributed by atoms with Gasteiger partial charge in [0.05, 0.1) is 9.82 Å². The number of nitro benzene ring substituents is 1. The van der Waals surface area contributed by atoms with Gasteiger partial charge in [-0.3, -0.25) is 10.1 Å². The van der Waals surface area contributed by atoms with Crippen molar-refractivity contribution in [1.82, 2.24) is 10.0 Å². The third-order valence-electron chi connectivity index (χ3n) is 4.22. The number of rotatable bonds is 6. The van der Waals surface area contributed by atoms with E-state index in [0.29, 0.717) is 23.6 Å². The van der Waals surface area contributed by atoms with Crippen molar-refractivity contribution in [2.24, 2.45) is 5.92 Å². The molecule has 0 aliphatic carbocycles. The number of nitrogens with zero attached hydrogens (tertiary/aromatic N) is 1. The van der Waals surface area contributed by atoms with Crippen LogP contribution in [0.3, 0.4) is 0 Å². The van der Waals surface area contributed by atoms with Crippen LogP contribution in [0.15, 0.2) is 17.0 Å². The molecule has 23 heavy (non-hydrogen) atoms. The van der Waals surface area contributed by atoms with E-state index < -0.39 is 14.9 Å². The maximum atomic E-state index is 12.4. The van der Waals surface area contributed by atoms with Gasteiger partial charge in [-0.1, -0.05) is 0 Å². The van der Waals surface area contributed by atoms with Crippen molar-refractivity contribution in [2.75, 3.05) is 19.6 Å². The molecule has 8 heteroatoms. The molecule has 1 aromatic carbocycles. The van der Waals surface area contributed by atoms with Crippen LogP contribution in [0.5, 0.6) is 0 Å². The largest absolute Gasteiger partial charge is 0.316 e. The van der Waals surface area contributed by atoms with Gasteiger partial charge < -0.3 is 5.32 Å². The fourth-order valence-corrected chi connectivity index (χ4v) is 4.25. The van der Waals surface area contributed by atoms with E-state index in [-0.39, 0.29) is 10.6 Å². The maximum absolute atomic E-state index is 12.4. The van der Waals surface area contributed by atoms with Gasteiger partial charge in [-0.05, 0) is 63.7 Å². The van der Waals surface area contributed by atoms with Crippen molar-refractivity contribution < 1.29 is 13.3 Å². The number of hydrogen-bond acceptors (Lipinski definition) is 5. The predicted molar refractivity (Wildman–Crippen MR) is 88.0 cm³/mol. The zero-order chi connectivity index (χ0) is 17.0. The lowest BCUT2D eigenvalue weighted by atomic mass is 9.96. The molecule has 7 nitrogen and oxygen atoms in total. The Morgan fingerprint density at radius 2 is 2.09 bits per heavy atom. The highest BCUT2D eigenvalue weighted by molar-refractivity contribution is 7.89. The minimum atomic E-state index is -3.74. The van der Waals surface area contributed by atoms with Crippen LogP contribution in [0.1, 0.15) is 30.4 Å². The van der Waals surface area contributed by atoms with Gasteiger partial charge in [0.2, 0.25) is 10.0 Å². The van der Waals surface area contributed by atoms with Crippen LogP contribution < -0.4 is 10.0 Å². The molecule has 0 amide bonds. The summed E-state index contributed by atoms with van der Waals surface area (Å²) in [4.78, 5) is 10.4. The van der Waals surface area contributed by atoms with E-state index in [1.54, 1.807) is 13.8 Å². The Morgan fingerprint density at radius 3 is 2.70 bits per heavy atom. The molecule has 1 aliphatic heterocycles. The molecule has 0 aromatic heterocycles. The number of piperidine rings is 1. The van der Waals surface area contributed by atoms with Crippen molar-refractivity contribution in [3.8, 4) is 0 Å². The SMILES string of the molecule is Cc1cc(C)c(S(=O)(=O)NCCC2CCCNC2)cc1[N+](=O)[O-]. The number of hydrogen-bond donors (Lipinski definition) is 2. The molecule has 1 unspecified atom stereocenters. The molecule has 0 radical (unpaired) electrons. The van der Waals surface area contributed by atoms with Crippen LogP contribution in [-0.2, 0) is 10.0 Å². The predicted octanol–water partition coefficient (Wildman–Crippen LogP) is 1.88. The Balaban J connectivity index is 2.09. The summed E-state index contributed by atoms with van der Waals surface area (Å²) in [5.74, 6) is 0.472. The summed E-state index contributed by atoms with van der Waals surface area (Å²) in [6.45, 7) is 5.53. The topological polar surface area (TPSA) is 101 Å². The highest BCUT2D eigenvalue weighted by Gasteiger charge is 2.23. The molecule has 2 N–H and O–H groups in total. The fourth-order valence-electron chi connectivity index (χ4n) is 2.95. The van der Waals surface area contributed by atoms with E-state index in [4.69, 9.17) is 0 Å². The Kier molecular flexibility index (Phi) is 5.72. The van der Waals surface area contributed by atoms with Gasteiger partial charge in [0.15, 0.2) is 0 Å². The van der Waals surface area contributed by atoms with Crippen molar-refractivity contribution in [3.05, 3.63) is 33.4 Å². The standard InChI is InChI=1S/C15H23N3O4S/c1-11-8-12(2)15(9-14(11)18(19)20)23(21,22)17-7-5-13-4-3-6-16-10-13/h8-9,13,16-17H,3-7,10H2,1-2H3. The van der Waals surface area contributed by atoms with Crippen LogP contribution in [-0.4, -0.2) is 33.0 Å². The van der Waals surface area contributed by atoms with Gasteiger partial charge >= 0.3 is 0 Å². The second kappa shape index (κ2) is 7.37. The summed E-state index contributed by atoms with van der Waals surface area (Å²) in [7, 11) is -3.74. The Morgan fingerprint density at radius 1 is 1.35 bits per heavy atom. The second-order valence-electron chi connectivity index (χ2n) is 6.06. The van der Waals surface area contributed by atoms with E-state index in [1.807, 2.05) is 0 Å². The smallest absolute Gasteiger partial charge is 0.273 e. The van der Waals surface area contributed by atoms with Crippen molar-refractivity contribution in [3.63, 3.8) is 0 Å². The highest BCUT2D eigenvalue weighted by Crippen LogP contribution is 2.26. The molecule has 1 heterocycles. The van der Waals surface area contributed by atoms with Crippen LogP contribution in [0.2, 0.25) is 0 Å². The van der Waals surface area contributed by atoms with E-state index in [9.17, 15) is 18.5 Å². The summed E-state index contributed by atoms with van der Waals surface area (Å²) in [5, 5.41) is 14.3. The average molecular weight is 341 g/mol. The molecule has 1 aliphatic rings. The number of benzene rings is 1. The molecule has 0 bridgehead atoms. The summed E-state index contributed by atoms with van der Waals surface area (Å²) in [6.07, 6.45) is 2.98. The first kappa shape index (κ1) is 17.8. The first-order valence-corrected chi connectivity index (χ1v) is 9.25. The number of sulfonamides is 1. The third-order valence-corrected chi connectivity index (χ3v) is 5.83. The van der Waals surface area contributed by atoms with Crippen LogP contribution in [0.4, 0.5) is 5.69 Å². The molecule has 1 aromatic rings. The lowest BCUT2D eigenvalue weighted by Gasteiger charge is -2.22. The summed E-state index contributed by atoms with van der Waals surface area (Å²) >= 11 is 0. The Bertz CT molecular complexity index is 682. The van der Waals surface area contributed by atoms with Gasteiger partial charge in [0.25, 0.3) is 5.69 Å². The third kappa shape index (κ3) is 4.49. The van der Waals surface area contributed by atoms with Crippen LogP contribution in [0, 0.1) is 29.9 Å². The summed E-state index contributed by atoms with van der Waals surface area (Å²) < 4.78 is 27.4. The van der Waals surface area contributed by atoms with Gasteiger partial charge in [-0.15, -0.1) is 0 Å². The van der Waals surface area contributed by atoms with Gasteiger partial charge in [-0.25, -0.2) is 13.1 Å². The fraction of sp³-hybridized carbons (Fsp3) is 0.600. The molecular formula is C15H23N3O4S. The monoisotopic (exact) mass is 341 g/mol. The molecular weight excluding hydrogens is 318 g/mol. The minimum Gasteiger partial charge on any atom is -0.316 e. The van der Waals surface area contributed by atoms with E-state index >= 15 is 0 Å². The highest BCUT2D eigenvalue weighted by atomic mass is 32.2. The lowest BCUT2D eigenvalue weighted by Crippen LogP contribution is -2.33. The van der Waals surface area contributed by atoms with Crippen LogP contribution in [0.25, 0.3) is 0 Å². The van der Waals surface area contributed by atoms with E-state index in [2.05, 4.69) is 10.0 Å². The normalized spacial score (nSPS) is 18.8. The molecule has 0 saturated carbocycles. The Hall–Kier alpha value is -1.51. The van der Waals surface area contributed by atoms with Crippen molar-refractivity contribution in [2.45, 2.75) is 38.0 Å². The molecule has 1 atom stereocenters. The molecule has 1 saturated heterocycles. The quantitative estimate of drug-likeness (QED) is 0.608.